The van der Waals surface area contributed by atoms with Crippen LogP contribution in [-0.2, 0) is 16.4 Å². The highest BCUT2D eigenvalue weighted by Crippen LogP contribution is 2.45. The third-order valence-electron chi connectivity index (χ3n) is 6.19. The monoisotopic (exact) mass is 458 g/mol. The van der Waals surface area contributed by atoms with Crippen LogP contribution in [0.25, 0.3) is 33.1 Å². The second kappa shape index (κ2) is 6.94. The average molecular weight is 458 g/mol. The molecule has 1 aliphatic heterocycles. The SMILES string of the molecule is O=[N+]([O-])c1ccccc1S(=O)(=O)N1CCc2c([nH]c3ccccc23)-c2c1[nH]c1ccccc21. The van der Waals surface area contributed by atoms with Crippen LogP contribution in [0.4, 0.5) is 11.5 Å². The molecule has 0 spiro atoms. The molecule has 6 rings (SSSR count). The summed E-state index contributed by atoms with van der Waals surface area (Å²) in [5, 5.41) is 13.5. The first kappa shape index (κ1) is 19.6. The second-order valence-electron chi connectivity index (χ2n) is 7.97. The Kier molecular flexibility index (Phi) is 4.12. The number of fused-ring (bicyclic) bond motifs is 7. The molecule has 0 saturated carbocycles. The molecule has 9 heteroatoms. The van der Waals surface area contributed by atoms with Crippen LogP contribution in [0, 0.1) is 10.1 Å². The van der Waals surface area contributed by atoms with Gasteiger partial charge in [0.1, 0.15) is 5.82 Å². The van der Waals surface area contributed by atoms with Crippen molar-refractivity contribution in [1.29, 1.82) is 0 Å². The first-order valence-electron chi connectivity index (χ1n) is 10.4. The van der Waals surface area contributed by atoms with Gasteiger partial charge in [-0.2, -0.15) is 0 Å². The summed E-state index contributed by atoms with van der Waals surface area (Å²) in [7, 11) is -4.22. The number of hydrogen-bond donors (Lipinski definition) is 2. The number of aromatic amines is 2. The van der Waals surface area contributed by atoms with Gasteiger partial charge in [0.2, 0.25) is 0 Å². The van der Waals surface area contributed by atoms with Crippen LogP contribution in [0.5, 0.6) is 0 Å². The van der Waals surface area contributed by atoms with Crippen LogP contribution in [-0.4, -0.2) is 29.9 Å². The molecule has 0 fully saturated rings. The Bertz CT molecular complexity index is 1680. The van der Waals surface area contributed by atoms with Gasteiger partial charge in [-0.25, -0.2) is 8.42 Å². The van der Waals surface area contributed by atoms with Gasteiger partial charge in [-0.05, 0) is 30.2 Å². The first-order valence-corrected chi connectivity index (χ1v) is 11.9. The van der Waals surface area contributed by atoms with Crippen LogP contribution in [0.15, 0.2) is 77.7 Å². The van der Waals surface area contributed by atoms with E-state index in [1.807, 2.05) is 48.5 Å². The Morgan fingerprint density at radius 3 is 2.24 bits per heavy atom. The van der Waals surface area contributed by atoms with Gasteiger partial charge in [-0.3, -0.25) is 14.4 Å². The minimum Gasteiger partial charge on any atom is -0.354 e. The maximum atomic E-state index is 13.8. The molecule has 2 N–H and O–H groups in total. The highest BCUT2D eigenvalue weighted by Gasteiger charge is 2.37. The number of para-hydroxylation sites is 3. The number of nitro benzene ring substituents is 1. The highest BCUT2D eigenvalue weighted by molar-refractivity contribution is 7.93. The third-order valence-corrected chi connectivity index (χ3v) is 8.04. The van der Waals surface area contributed by atoms with Crippen LogP contribution in [0.3, 0.4) is 0 Å². The van der Waals surface area contributed by atoms with Crippen LogP contribution >= 0.6 is 0 Å². The minimum absolute atomic E-state index is 0.142. The molecule has 0 unspecified atom stereocenters. The fraction of sp³-hybridized carbons (Fsp3) is 0.0833. The Morgan fingerprint density at radius 2 is 1.48 bits per heavy atom. The number of nitrogens with one attached hydrogen (secondary N) is 2. The number of sulfonamides is 1. The molecule has 0 bridgehead atoms. The van der Waals surface area contributed by atoms with Gasteiger partial charge in [0, 0.05) is 40.0 Å². The van der Waals surface area contributed by atoms with Crippen molar-refractivity contribution >= 4 is 43.3 Å². The summed E-state index contributed by atoms with van der Waals surface area (Å²) in [5.41, 5.74) is 3.96. The lowest BCUT2D eigenvalue weighted by molar-refractivity contribution is -0.387. The molecule has 33 heavy (non-hydrogen) atoms. The molecule has 8 nitrogen and oxygen atoms in total. The maximum Gasteiger partial charge on any atom is 0.289 e. The number of H-pyrrole nitrogens is 2. The number of rotatable bonds is 3. The fourth-order valence-corrected chi connectivity index (χ4v) is 6.36. The number of aromatic nitrogens is 2. The van der Waals surface area contributed by atoms with Crippen molar-refractivity contribution in [2.45, 2.75) is 11.3 Å². The predicted molar refractivity (Wildman–Crippen MR) is 127 cm³/mol. The standard InChI is InChI=1S/C24H18N4O4S/c29-28(30)20-11-5-6-12-21(20)33(31,32)27-14-13-16-15-7-1-3-9-18(15)25-23(16)22-17-8-2-4-10-19(17)26-24(22)27/h1-12,25-26H,13-14H2. The zero-order chi connectivity index (χ0) is 22.7. The van der Waals surface area contributed by atoms with Gasteiger partial charge in [-0.1, -0.05) is 48.5 Å². The van der Waals surface area contributed by atoms with E-state index in [0.29, 0.717) is 12.2 Å². The Morgan fingerprint density at radius 1 is 0.848 bits per heavy atom. The van der Waals surface area contributed by atoms with Gasteiger partial charge < -0.3 is 9.97 Å². The number of nitro groups is 1. The molecule has 1 aliphatic rings. The van der Waals surface area contributed by atoms with Crippen LogP contribution < -0.4 is 4.31 Å². The van der Waals surface area contributed by atoms with E-state index in [9.17, 15) is 18.5 Å². The van der Waals surface area contributed by atoms with Crippen molar-refractivity contribution in [1.82, 2.24) is 9.97 Å². The van der Waals surface area contributed by atoms with Gasteiger partial charge in [0.25, 0.3) is 15.7 Å². The maximum absolute atomic E-state index is 13.8. The summed E-state index contributed by atoms with van der Waals surface area (Å²) in [6.45, 7) is 0.142. The average Bonchev–Trinajstić information content (AvgIpc) is 3.32. The van der Waals surface area contributed by atoms with Crippen molar-refractivity contribution in [3.63, 3.8) is 0 Å². The van der Waals surface area contributed by atoms with E-state index < -0.39 is 20.6 Å². The summed E-state index contributed by atoms with van der Waals surface area (Å²) in [4.78, 5) is 17.4. The number of anilines is 1. The Balaban J connectivity index is 1.65. The Labute approximate surface area is 188 Å². The number of benzene rings is 3. The topological polar surface area (TPSA) is 112 Å². The van der Waals surface area contributed by atoms with E-state index in [1.165, 1.54) is 28.6 Å². The van der Waals surface area contributed by atoms with Crippen molar-refractivity contribution in [2.75, 3.05) is 10.8 Å². The van der Waals surface area contributed by atoms with Crippen LogP contribution in [0.2, 0.25) is 0 Å². The molecular weight excluding hydrogens is 440 g/mol. The highest BCUT2D eigenvalue weighted by atomic mass is 32.2. The molecule has 0 aliphatic carbocycles. The van der Waals surface area contributed by atoms with E-state index in [0.717, 1.165) is 38.6 Å². The summed E-state index contributed by atoms with van der Waals surface area (Å²) in [5.74, 6) is 0.402. The van der Waals surface area contributed by atoms with E-state index in [2.05, 4.69) is 9.97 Å². The van der Waals surface area contributed by atoms with Crippen molar-refractivity contribution in [2.24, 2.45) is 0 Å². The molecule has 5 aromatic rings. The molecule has 0 atom stereocenters. The largest absolute Gasteiger partial charge is 0.354 e. The van der Waals surface area contributed by atoms with Crippen molar-refractivity contribution in [3.8, 4) is 11.3 Å². The van der Waals surface area contributed by atoms with Crippen LogP contribution in [0.1, 0.15) is 5.56 Å². The quantitative estimate of drug-likeness (QED) is 0.293. The molecule has 164 valence electrons. The Hall–Kier alpha value is -4.11. The summed E-state index contributed by atoms with van der Waals surface area (Å²) >= 11 is 0. The third kappa shape index (κ3) is 2.79. The normalized spacial score (nSPS) is 13.6. The first-order chi connectivity index (χ1) is 16.0. The molecular formula is C24H18N4O4S. The summed E-state index contributed by atoms with van der Waals surface area (Å²) in [6, 6.07) is 21.0. The van der Waals surface area contributed by atoms with E-state index in [-0.39, 0.29) is 11.4 Å². The predicted octanol–water partition coefficient (Wildman–Crippen LogP) is 4.98. The number of hydrogen-bond acceptors (Lipinski definition) is 4. The minimum atomic E-state index is -4.22. The smallest absolute Gasteiger partial charge is 0.289 e. The lowest BCUT2D eigenvalue weighted by Gasteiger charge is -2.22. The zero-order valence-electron chi connectivity index (χ0n) is 17.3. The molecule has 3 heterocycles. The molecule has 0 radical (unpaired) electrons. The van der Waals surface area contributed by atoms with Gasteiger partial charge >= 0.3 is 0 Å². The molecule has 2 aromatic heterocycles. The lowest BCUT2D eigenvalue weighted by Crippen LogP contribution is -2.33. The number of nitrogens with zero attached hydrogens (tertiary/aromatic N) is 2. The van der Waals surface area contributed by atoms with Crippen molar-refractivity contribution < 1.29 is 13.3 Å². The molecule has 0 saturated heterocycles. The van der Waals surface area contributed by atoms with Gasteiger partial charge in [0.15, 0.2) is 4.90 Å². The van der Waals surface area contributed by atoms with Gasteiger partial charge in [-0.15, -0.1) is 0 Å². The molecule has 3 aromatic carbocycles. The van der Waals surface area contributed by atoms with E-state index in [4.69, 9.17) is 0 Å². The lowest BCUT2D eigenvalue weighted by atomic mass is 10.0. The van der Waals surface area contributed by atoms with E-state index >= 15 is 0 Å². The second-order valence-corrected chi connectivity index (χ2v) is 9.80. The van der Waals surface area contributed by atoms with Crippen molar-refractivity contribution in [3.05, 3.63) is 88.5 Å². The van der Waals surface area contributed by atoms with Gasteiger partial charge in [0.05, 0.1) is 10.6 Å². The summed E-state index contributed by atoms with van der Waals surface area (Å²) < 4.78 is 28.9. The summed E-state index contributed by atoms with van der Waals surface area (Å²) in [6.07, 6.45) is 0.454. The fourth-order valence-electron chi connectivity index (χ4n) is 4.75. The molecule has 0 amide bonds. The van der Waals surface area contributed by atoms with E-state index in [1.54, 1.807) is 0 Å². The zero-order valence-corrected chi connectivity index (χ0v) is 18.1.